The molecule has 0 aromatic heterocycles. The molecule has 0 aliphatic carbocycles. The summed E-state index contributed by atoms with van der Waals surface area (Å²) in [5.74, 6) is 0.0454. The molecule has 1 aromatic rings. The molecular weight excluding hydrogens is 204 g/mol. The van der Waals surface area contributed by atoms with Gasteiger partial charge >= 0.3 is 0 Å². The van der Waals surface area contributed by atoms with E-state index in [4.69, 9.17) is 5.73 Å². The summed E-state index contributed by atoms with van der Waals surface area (Å²) >= 11 is 0. The summed E-state index contributed by atoms with van der Waals surface area (Å²) in [6.45, 7) is 2.39. The molecule has 0 aliphatic heterocycles. The Kier molecular flexibility index (Phi) is 4.79. The van der Waals surface area contributed by atoms with Gasteiger partial charge in [0.2, 0.25) is 5.91 Å². The fourth-order valence-corrected chi connectivity index (χ4v) is 1.40. The van der Waals surface area contributed by atoms with Crippen molar-refractivity contribution in [1.82, 2.24) is 0 Å². The van der Waals surface area contributed by atoms with E-state index in [9.17, 15) is 9.90 Å². The van der Waals surface area contributed by atoms with Crippen molar-refractivity contribution in [2.45, 2.75) is 26.2 Å². The number of carbonyl (C=O) groups excluding carboxylic acids is 1. The lowest BCUT2D eigenvalue weighted by molar-refractivity contribution is -0.116. The van der Waals surface area contributed by atoms with Crippen LogP contribution in [0.25, 0.3) is 0 Å². The molecule has 0 fully saturated rings. The number of phenols is 1. The van der Waals surface area contributed by atoms with Gasteiger partial charge in [0.05, 0.1) is 5.69 Å². The van der Waals surface area contributed by atoms with Crippen molar-refractivity contribution in [3.05, 3.63) is 23.8 Å². The van der Waals surface area contributed by atoms with E-state index in [-0.39, 0.29) is 11.7 Å². The van der Waals surface area contributed by atoms with Crippen LogP contribution in [0.1, 0.15) is 24.8 Å². The van der Waals surface area contributed by atoms with Gasteiger partial charge in [0.15, 0.2) is 0 Å². The fraction of sp³-hybridized carbons (Fsp3) is 0.417. The molecule has 0 atom stereocenters. The lowest BCUT2D eigenvalue weighted by atomic mass is 10.2. The third-order valence-corrected chi connectivity index (χ3v) is 2.37. The van der Waals surface area contributed by atoms with Gasteiger partial charge in [0, 0.05) is 6.42 Å². The molecule has 0 aliphatic rings. The maximum absolute atomic E-state index is 11.5. The number of aryl methyl sites for hydroxylation is 1. The molecule has 0 heterocycles. The normalized spacial score (nSPS) is 10.1. The summed E-state index contributed by atoms with van der Waals surface area (Å²) in [7, 11) is 0. The molecule has 0 radical (unpaired) electrons. The Balaban J connectivity index is 2.53. The Bertz CT molecular complexity index is 364. The lowest BCUT2D eigenvalue weighted by Crippen LogP contribution is -2.12. The molecular formula is C12H18N2O2. The number of para-hydroxylation sites is 1. The largest absolute Gasteiger partial charge is 0.505 e. The number of carbonyl (C=O) groups is 1. The highest BCUT2D eigenvalue weighted by atomic mass is 16.3. The minimum Gasteiger partial charge on any atom is -0.505 e. The number of benzene rings is 1. The first-order valence-corrected chi connectivity index (χ1v) is 5.43. The topological polar surface area (TPSA) is 75.4 Å². The van der Waals surface area contributed by atoms with Crippen LogP contribution in [0.15, 0.2) is 18.2 Å². The zero-order valence-corrected chi connectivity index (χ0v) is 9.49. The smallest absolute Gasteiger partial charge is 0.224 e. The highest BCUT2D eigenvalue weighted by Crippen LogP contribution is 2.26. The van der Waals surface area contributed by atoms with Gasteiger partial charge in [-0.15, -0.1) is 0 Å². The lowest BCUT2D eigenvalue weighted by Gasteiger charge is -2.08. The molecule has 0 unspecified atom stereocenters. The van der Waals surface area contributed by atoms with Crippen molar-refractivity contribution in [3.8, 4) is 5.75 Å². The van der Waals surface area contributed by atoms with Crippen molar-refractivity contribution in [3.63, 3.8) is 0 Å². The van der Waals surface area contributed by atoms with Crippen LogP contribution >= 0.6 is 0 Å². The van der Waals surface area contributed by atoms with Gasteiger partial charge in [-0.05, 0) is 37.9 Å². The van der Waals surface area contributed by atoms with E-state index in [1.54, 1.807) is 25.1 Å². The van der Waals surface area contributed by atoms with E-state index in [0.29, 0.717) is 18.7 Å². The maximum Gasteiger partial charge on any atom is 0.224 e. The molecule has 1 amide bonds. The third kappa shape index (κ3) is 3.55. The zero-order chi connectivity index (χ0) is 12.0. The second-order valence-electron chi connectivity index (χ2n) is 3.77. The standard InChI is InChI=1S/C12H18N2O2/c1-9-5-4-6-10(12(9)16)14-11(15)7-2-3-8-13/h4-6,16H,2-3,7-8,13H2,1H3,(H,14,15). The van der Waals surface area contributed by atoms with E-state index >= 15 is 0 Å². The summed E-state index contributed by atoms with van der Waals surface area (Å²) < 4.78 is 0. The molecule has 4 nitrogen and oxygen atoms in total. The molecule has 4 heteroatoms. The number of rotatable bonds is 5. The number of unbranched alkanes of at least 4 members (excludes halogenated alkanes) is 1. The van der Waals surface area contributed by atoms with Crippen LogP contribution in [0.2, 0.25) is 0 Å². The average Bonchev–Trinajstić information content (AvgIpc) is 2.25. The summed E-state index contributed by atoms with van der Waals surface area (Å²) in [5, 5.41) is 12.4. The van der Waals surface area contributed by atoms with E-state index < -0.39 is 0 Å². The van der Waals surface area contributed by atoms with Gasteiger partial charge < -0.3 is 16.2 Å². The molecule has 1 aromatic carbocycles. The van der Waals surface area contributed by atoms with Crippen LogP contribution in [-0.2, 0) is 4.79 Å². The molecule has 0 spiro atoms. The summed E-state index contributed by atoms with van der Waals surface area (Å²) in [6, 6.07) is 5.27. The van der Waals surface area contributed by atoms with Crippen LogP contribution in [0.4, 0.5) is 5.69 Å². The molecule has 0 bridgehead atoms. The molecule has 0 saturated carbocycles. The molecule has 0 saturated heterocycles. The van der Waals surface area contributed by atoms with Gasteiger partial charge in [-0.1, -0.05) is 12.1 Å². The van der Waals surface area contributed by atoms with Crippen LogP contribution in [0.3, 0.4) is 0 Å². The molecule has 88 valence electrons. The van der Waals surface area contributed by atoms with Crippen LogP contribution in [-0.4, -0.2) is 17.6 Å². The minimum atomic E-state index is -0.0886. The second-order valence-corrected chi connectivity index (χ2v) is 3.77. The number of nitrogens with two attached hydrogens (primary N) is 1. The molecule has 1 rings (SSSR count). The summed E-state index contributed by atoms with van der Waals surface area (Å²) in [6.07, 6.45) is 2.05. The second kappa shape index (κ2) is 6.12. The molecule has 4 N–H and O–H groups in total. The number of phenolic OH excluding ortho intramolecular Hbond substituents is 1. The first kappa shape index (κ1) is 12.5. The van der Waals surface area contributed by atoms with E-state index in [1.807, 2.05) is 0 Å². The highest BCUT2D eigenvalue weighted by molar-refractivity contribution is 5.92. The average molecular weight is 222 g/mol. The number of nitrogens with one attached hydrogen (secondary N) is 1. The number of aromatic hydroxyl groups is 1. The summed E-state index contributed by atoms with van der Waals surface area (Å²) in [5.41, 5.74) is 6.56. The number of hydrogen-bond donors (Lipinski definition) is 3. The van der Waals surface area contributed by atoms with Crippen molar-refractivity contribution in [2.75, 3.05) is 11.9 Å². The fourth-order valence-electron chi connectivity index (χ4n) is 1.40. The first-order chi connectivity index (χ1) is 7.65. The predicted octanol–water partition coefficient (Wildman–Crippen LogP) is 1.77. The summed E-state index contributed by atoms with van der Waals surface area (Å²) in [4.78, 5) is 11.5. The minimum absolute atomic E-state index is 0.0886. The Morgan fingerprint density at radius 3 is 2.88 bits per heavy atom. The number of hydrogen-bond acceptors (Lipinski definition) is 3. The van der Waals surface area contributed by atoms with Crippen molar-refractivity contribution < 1.29 is 9.90 Å². The van der Waals surface area contributed by atoms with Gasteiger partial charge in [0.1, 0.15) is 5.75 Å². The predicted molar refractivity (Wildman–Crippen MR) is 64.4 cm³/mol. The monoisotopic (exact) mass is 222 g/mol. The third-order valence-electron chi connectivity index (χ3n) is 2.37. The van der Waals surface area contributed by atoms with Gasteiger partial charge in [-0.2, -0.15) is 0 Å². The van der Waals surface area contributed by atoms with Gasteiger partial charge in [-0.3, -0.25) is 4.79 Å². The Morgan fingerprint density at radius 2 is 2.19 bits per heavy atom. The molecule has 16 heavy (non-hydrogen) atoms. The number of amides is 1. The van der Waals surface area contributed by atoms with E-state index in [2.05, 4.69) is 5.32 Å². The van der Waals surface area contributed by atoms with Gasteiger partial charge in [0.25, 0.3) is 0 Å². The van der Waals surface area contributed by atoms with E-state index in [1.165, 1.54) is 0 Å². The van der Waals surface area contributed by atoms with Crippen molar-refractivity contribution >= 4 is 11.6 Å². The van der Waals surface area contributed by atoms with Crippen molar-refractivity contribution in [1.29, 1.82) is 0 Å². The quantitative estimate of drug-likeness (QED) is 0.525. The Labute approximate surface area is 95.5 Å². The van der Waals surface area contributed by atoms with Crippen LogP contribution in [0.5, 0.6) is 5.75 Å². The van der Waals surface area contributed by atoms with Crippen LogP contribution in [0, 0.1) is 6.92 Å². The Hall–Kier alpha value is -1.55. The van der Waals surface area contributed by atoms with E-state index in [0.717, 1.165) is 18.4 Å². The Morgan fingerprint density at radius 1 is 1.44 bits per heavy atom. The number of anilines is 1. The van der Waals surface area contributed by atoms with Crippen molar-refractivity contribution in [2.24, 2.45) is 5.73 Å². The first-order valence-electron chi connectivity index (χ1n) is 5.43. The highest BCUT2D eigenvalue weighted by Gasteiger charge is 2.07. The van der Waals surface area contributed by atoms with Crippen LogP contribution < -0.4 is 11.1 Å². The maximum atomic E-state index is 11.5. The van der Waals surface area contributed by atoms with Gasteiger partial charge in [-0.25, -0.2) is 0 Å². The zero-order valence-electron chi connectivity index (χ0n) is 9.49. The SMILES string of the molecule is Cc1cccc(NC(=O)CCCCN)c1O.